The van der Waals surface area contributed by atoms with Crippen LogP contribution in [0.2, 0.25) is 0 Å². The van der Waals surface area contributed by atoms with E-state index in [0.29, 0.717) is 12.5 Å². The Morgan fingerprint density at radius 1 is 1.17 bits per heavy atom. The van der Waals surface area contributed by atoms with Crippen LogP contribution in [0.15, 0.2) is 30.3 Å². The molecule has 2 heterocycles. The van der Waals surface area contributed by atoms with Crippen LogP contribution in [-0.4, -0.2) is 32.1 Å². The van der Waals surface area contributed by atoms with Crippen LogP contribution in [0, 0.1) is 0 Å². The molecule has 4 rings (SSSR count). The van der Waals surface area contributed by atoms with Gasteiger partial charge in [-0.2, -0.15) is 0 Å². The highest BCUT2D eigenvalue weighted by Crippen LogP contribution is 2.37. The van der Waals surface area contributed by atoms with E-state index in [2.05, 4.69) is 26.9 Å². The minimum atomic E-state index is -0.180. The molecule has 1 aromatic heterocycles. The molecule has 5 nitrogen and oxygen atoms in total. The zero-order valence-electron chi connectivity index (χ0n) is 13.5. The summed E-state index contributed by atoms with van der Waals surface area (Å²) in [7, 11) is 0. The number of rotatable bonds is 4. The smallest absolute Gasteiger partial charge is 0.245 e. The fourth-order valence-electron chi connectivity index (χ4n) is 3.53. The first-order chi connectivity index (χ1) is 11.2. The van der Waals surface area contributed by atoms with Gasteiger partial charge in [0.25, 0.3) is 0 Å². The molecule has 23 heavy (non-hydrogen) atoms. The van der Waals surface area contributed by atoms with Gasteiger partial charge < -0.3 is 9.47 Å². The van der Waals surface area contributed by atoms with E-state index in [1.54, 1.807) is 0 Å². The lowest BCUT2D eigenvalue weighted by molar-refractivity contribution is -0.137. The van der Waals surface area contributed by atoms with Crippen LogP contribution in [0.25, 0.3) is 0 Å². The van der Waals surface area contributed by atoms with Crippen LogP contribution in [-0.2, 0) is 17.8 Å². The van der Waals surface area contributed by atoms with E-state index < -0.39 is 0 Å². The molecule has 1 aliphatic carbocycles. The third-order valence-corrected chi connectivity index (χ3v) is 5.16. The normalized spacial score (nSPS) is 21.2. The third-order valence-electron chi connectivity index (χ3n) is 5.16. The molecule has 0 bridgehead atoms. The molecule has 0 spiro atoms. The quantitative estimate of drug-likeness (QED) is 0.872. The number of amides is 1. The number of nitrogens with zero attached hydrogens (tertiary/aromatic N) is 4. The van der Waals surface area contributed by atoms with Crippen molar-refractivity contribution in [3.8, 4) is 0 Å². The number of benzene rings is 1. The van der Waals surface area contributed by atoms with Gasteiger partial charge in [0.1, 0.15) is 11.9 Å². The number of aromatic nitrogens is 3. The molecule has 0 unspecified atom stereocenters. The van der Waals surface area contributed by atoms with Crippen molar-refractivity contribution in [2.75, 3.05) is 6.54 Å². The fraction of sp³-hybridized carbons (Fsp3) is 0.500. The first kappa shape index (κ1) is 14.4. The van der Waals surface area contributed by atoms with Crippen molar-refractivity contribution < 1.29 is 4.79 Å². The Balaban J connectivity index is 1.51. The fourth-order valence-corrected chi connectivity index (χ4v) is 3.53. The number of carbonyl (C=O) groups excluding carboxylic acids is 1. The Bertz CT molecular complexity index is 705. The maximum Gasteiger partial charge on any atom is 0.245 e. The Morgan fingerprint density at radius 2 is 1.96 bits per heavy atom. The van der Waals surface area contributed by atoms with Gasteiger partial charge in [0.15, 0.2) is 5.82 Å². The standard InChI is InChI=1S/C18H22N4O/c1-13-18(23)21(11-10-14-6-3-2-4-7-14)12-16-19-20-17(22(13)16)15-8-5-9-15/h2-4,6-7,13,15H,5,8-12H2,1H3/t13-/m1/s1. The Kier molecular flexibility index (Phi) is 3.63. The molecule has 1 aliphatic heterocycles. The molecule has 120 valence electrons. The molecule has 1 atom stereocenters. The van der Waals surface area contributed by atoms with E-state index >= 15 is 0 Å². The molecule has 2 aliphatic rings. The maximum absolute atomic E-state index is 12.7. The molecule has 0 radical (unpaired) electrons. The summed E-state index contributed by atoms with van der Waals surface area (Å²) in [5.41, 5.74) is 1.26. The van der Waals surface area contributed by atoms with Crippen LogP contribution in [0.1, 0.15) is 55.4 Å². The molecular weight excluding hydrogens is 288 g/mol. The summed E-state index contributed by atoms with van der Waals surface area (Å²) in [6.45, 7) is 3.29. The summed E-state index contributed by atoms with van der Waals surface area (Å²) in [6, 6.07) is 10.1. The lowest BCUT2D eigenvalue weighted by Crippen LogP contribution is -2.43. The number of carbonyl (C=O) groups is 1. The van der Waals surface area contributed by atoms with Gasteiger partial charge in [-0.15, -0.1) is 10.2 Å². The summed E-state index contributed by atoms with van der Waals surface area (Å²) >= 11 is 0. The van der Waals surface area contributed by atoms with Gasteiger partial charge in [-0.05, 0) is 31.7 Å². The maximum atomic E-state index is 12.7. The number of hydrogen-bond donors (Lipinski definition) is 0. The Labute approximate surface area is 136 Å². The zero-order chi connectivity index (χ0) is 15.8. The minimum Gasteiger partial charge on any atom is -0.333 e. The topological polar surface area (TPSA) is 51.0 Å². The average molecular weight is 310 g/mol. The van der Waals surface area contributed by atoms with Gasteiger partial charge in [-0.3, -0.25) is 4.79 Å². The molecular formula is C18H22N4O. The number of hydrogen-bond acceptors (Lipinski definition) is 3. The molecule has 0 N–H and O–H groups in total. The molecule has 1 saturated carbocycles. The van der Waals surface area contributed by atoms with Crippen LogP contribution in [0.3, 0.4) is 0 Å². The summed E-state index contributed by atoms with van der Waals surface area (Å²) in [5, 5.41) is 8.76. The van der Waals surface area contributed by atoms with Gasteiger partial charge in [-0.1, -0.05) is 36.8 Å². The first-order valence-corrected chi connectivity index (χ1v) is 8.50. The molecule has 5 heteroatoms. The van der Waals surface area contributed by atoms with Crippen LogP contribution in [0.5, 0.6) is 0 Å². The summed E-state index contributed by atoms with van der Waals surface area (Å²) in [6.07, 6.45) is 4.49. The molecule has 2 aromatic rings. The van der Waals surface area contributed by atoms with Crippen molar-refractivity contribution in [1.29, 1.82) is 0 Å². The second-order valence-electron chi connectivity index (χ2n) is 6.64. The van der Waals surface area contributed by atoms with E-state index in [-0.39, 0.29) is 11.9 Å². The van der Waals surface area contributed by atoms with Crippen molar-refractivity contribution in [1.82, 2.24) is 19.7 Å². The third kappa shape index (κ3) is 2.54. The molecule has 0 saturated heterocycles. The van der Waals surface area contributed by atoms with Gasteiger partial charge in [0.2, 0.25) is 5.91 Å². The van der Waals surface area contributed by atoms with E-state index in [0.717, 1.165) is 24.6 Å². The highest BCUT2D eigenvalue weighted by Gasteiger charge is 2.36. The van der Waals surface area contributed by atoms with Crippen LogP contribution in [0.4, 0.5) is 0 Å². The van der Waals surface area contributed by atoms with E-state index in [1.807, 2.05) is 30.0 Å². The summed E-state index contributed by atoms with van der Waals surface area (Å²) in [5.74, 6) is 2.65. The van der Waals surface area contributed by atoms with Crippen molar-refractivity contribution in [3.63, 3.8) is 0 Å². The predicted octanol–water partition coefficient (Wildman–Crippen LogP) is 2.69. The molecule has 1 amide bonds. The van der Waals surface area contributed by atoms with E-state index in [1.165, 1.54) is 24.8 Å². The summed E-state index contributed by atoms with van der Waals surface area (Å²) in [4.78, 5) is 14.7. The monoisotopic (exact) mass is 310 g/mol. The van der Waals surface area contributed by atoms with E-state index in [9.17, 15) is 4.79 Å². The SMILES string of the molecule is C[C@@H]1C(=O)N(CCc2ccccc2)Cc2nnc(C3CCC3)n21. The Hall–Kier alpha value is -2.17. The van der Waals surface area contributed by atoms with Gasteiger partial charge in [-0.25, -0.2) is 0 Å². The summed E-state index contributed by atoms with van der Waals surface area (Å²) < 4.78 is 2.09. The first-order valence-electron chi connectivity index (χ1n) is 8.50. The predicted molar refractivity (Wildman–Crippen MR) is 86.9 cm³/mol. The van der Waals surface area contributed by atoms with E-state index in [4.69, 9.17) is 0 Å². The number of fused-ring (bicyclic) bond motifs is 1. The zero-order valence-corrected chi connectivity index (χ0v) is 13.5. The highest BCUT2D eigenvalue weighted by atomic mass is 16.2. The minimum absolute atomic E-state index is 0.180. The van der Waals surface area contributed by atoms with Gasteiger partial charge in [0, 0.05) is 12.5 Å². The van der Waals surface area contributed by atoms with Gasteiger partial charge >= 0.3 is 0 Å². The molecule has 1 fully saturated rings. The van der Waals surface area contributed by atoms with Gasteiger partial charge in [0.05, 0.1) is 6.54 Å². The Morgan fingerprint density at radius 3 is 2.65 bits per heavy atom. The molecule has 1 aromatic carbocycles. The van der Waals surface area contributed by atoms with Crippen molar-refractivity contribution in [2.45, 2.75) is 51.1 Å². The lowest BCUT2D eigenvalue weighted by Gasteiger charge is -2.34. The second kappa shape index (κ2) is 5.80. The van der Waals surface area contributed by atoms with Crippen LogP contribution >= 0.6 is 0 Å². The van der Waals surface area contributed by atoms with Crippen molar-refractivity contribution in [3.05, 3.63) is 47.5 Å². The lowest BCUT2D eigenvalue weighted by atomic mass is 9.84. The largest absolute Gasteiger partial charge is 0.333 e. The van der Waals surface area contributed by atoms with Crippen molar-refractivity contribution in [2.24, 2.45) is 0 Å². The highest BCUT2D eigenvalue weighted by molar-refractivity contribution is 5.81. The second-order valence-corrected chi connectivity index (χ2v) is 6.64. The van der Waals surface area contributed by atoms with Crippen molar-refractivity contribution >= 4 is 5.91 Å². The van der Waals surface area contributed by atoms with Crippen LogP contribution < -0.4 is 0 Å². The average Bonchev–Trinajstić information content (AvgIpc) is 2.92.